The normalized spacial score (nSPS) is 12.1. The van der Waals surface area contributed by atoms with Crippen LogP contribution in [0.4, 0.5) is 4.39 Å². The highest BCUT2D eigenvalue weighted by atomic mass is 79.9. The van der Waals surface area contributed by atoms with Gasteiger partial charge in [-0.2, -0.15) is 0 Å². The smallest absolute Gasteiger partial charge is 0.274 e. The number of aromatic nitrogens is 2. The van der Waals surface area contributed by atoms with Gasteiger partial charge in [-0.05, 0) is 54.1 Å². The third-order valence-electron chi connectivity index (χ3n) is 4.69. The predicted molar refractivity (Wildman–Crippen MR) is 121 cm³/mol. The quantitative estimate of drug-likeness (QED) is 0.366. The minimum atomic E-state index is -0.302. The average molecular weight is 481 g/mol. The monoisotopic (exact) mass is 480 g/mol. The first-order chi connectivity index (χ1) is 14.6. The second-order valence-electron chi connectivity index (χ2n) is 6.74. The van der Waals surface area contributed by atoms with Crippen LogP contribution in [0.25, 0.3) is 22.1 Å². The molecule has 0 aliphatic rings. The summed E-state index contributed by atoms with van der Waals surface area (Å²) >= 11 is 4.81. The van der Waals surface area contributed by atoms with E-state index in [-0.39, 0.29) is 18.0 Å². The molecule has 2 aromatic heterocycles. The van der Waals surface area contributed by atoms with Crippen LogP contribution in [-0.4, -0.2) is 9.38 Å². The van der Waals surface area contributed by atoms with E-state index in [1.54, 1.807) is 16.5 Å². The number of benzene rings is 3. The van der Waals surface area contributed by atoms with Crippen molar-refractivity contribution >= 4 is 49.3 Å². The number of thiazole rings is 1. The van der Waals surface area contributed by atoms with E-state index >= 15 is 0 Å². The van der Waals surface area contributed by atoms with Gasteiger partial charge in [-0.15, -0.1) is 0 Å². The Bertz CT molecular complexity index is 1510. The summed E-state index contributed by atoms with van der Waals surface area (Å²) in [7, 11) is 0. The zero-order chi connectivity index (χ0) is 20.7. The lowest BCUT2D eigenvalue weighted by atomic mass is 10.2. The van der Waals surface area contributed by atoms with Gasteiger partial charge in [0, 0.05) is 10.0 Å². The van der Waals surface area contributed by atoms with Crippen molar-refractivity contribution in [1.82, 2.24) is 9.38 Å². The van der Waals surface area contributed by atoms with Gasteiger partial charge >= 0.3 is 0 Å². The summed E-state index contributed by atoms with van der Waals surface area (Å²) in [5.41, 5.74) is 2.97. The first kappa shape index (κ1) is 19.0. The Morgan fingerprint density at radius 2 is 1.97 bits per heavy atom. The summed E-state index contributed by atoms with van der Waals surface area (Å²) in [5.74, 6) is 0.307. The molecule has 0 amide bonds. The van der Waals surface area contributed by atoms with Crippen LogP contribution < -0.4 is 14.8 Å². The van der Waals surface area contributed by atoms with Crippen LogP contribution in [-0.2, 0) is 6.61 Å². The van der Waals surface area contributed by atoms with E-state index in [1.807, 2.05) is 48.5 Å². The Morgan fingerprint density at radius 3 is 2.83 bits per heavy atom. The molecule has 0 N–H and O–H groups in total. The molecule has 7 heteroatoms. The molecule has 0 bridgehead atoms. The van der Waals surface area contributed by atoms with Crippen LogP contribution in [0.1, 0.15) is 11.1 Å². The van der Waals surface area contributed by atoms with Crippen molar-refractivity contribution in [2.45, 2.75) is 6.61 Å². The summed E-state index contributed by atoms with van der Waals surface area (Å²) < 4.78 is 22.4. The van der Waals surface area contributed by atoms with Gasteiger partial charge in [0.15, 0.2) is 4.96 Å². The number of nitrogens with zero attached hydrogens (tertiary/aromatic N) is 2. The number of para-hydroxylation sites is 2. The highest BCUT2D eigenvalue weighted by Crippen LogP contribution is 2.25. The Hall–Kier alpha value is -3.03. The minimum Gasteiger partial charge on any atom is -0.488 e. The molecule has 5 rings (SSSR count). The maximum atomic E-state index is 13.4. The van der Waals surface area contributed by atoms with Crippen LogP contribution in [0.15, 0.2) is 76.0 Å². The Labute approximate surface area is 183 Å². The van der Waals surface area contributed by atoms with Crippen molar-refractivity contribution in [3.63, 3.8) is 0 Å². The van der Waals surface area contributed by atoms with E-state index in [0.717, 1.165) is 26.6 Å². The van der Waals surface area contributed by atoms with Crippen LogP contribution in [0.5, 0.6) is 5.75 Å². The molecular formula is C23H14BrFN2O2S. The lowest BCUT2D eigenvalue weighted by Crippen LogP contribution is -2.22. The standard InChI is InChI=1S/C23H14BrFN2O2S/c24-16-8-9-20(29-13-14-4-3-5-17(25)10-14)15(11-16)12-21-22(28)27-19-7-2-1-6-18(19)26-23(27)30-21/h1-12H,13H2/b21-12-. The fourth-order valence-electron chi connectivity index (χ4n) is 3.30. The lowest BCUT2D eigenvalue weighted by Gasteiger charge is -2.10. The molecule has 30 heavy (non-hydrogen) atoms. The number of halogens is 2. The molecule has 0 unspecified atom stereocenters. The number of fused-ring (bicyclic) bond motifs is 3. The Balaban J connectivity index is 1.57. The average Bonchev–Trinajstić information content (AvgIpc) is 3.24. The fraction of sp³-hybridized carbons (Fsp3) is 0.0435. The number of hydrogen-bond donors (Lipinski definition) is 0. The third kappa shape index (κ3) is 3.51. The molecule has 2 heterocycles. The highest BCUT2D eigenvalue weighted by Gasteiger charge is 2.11. The molecule has 0 saturated carbocycles. The van der Waals surface area contributed by atoms with E-state index in [0.29, 0.717) is 15.2 Å². The van der Waals surface area contributed by atoms with Gasteiger partial charge in [0.25, 0.3) is 5.56 Å². The van der Waals surface area contributed by atoms with Crippen LogP contribution in [0.3, 0.4) is 0 Å². The van der Waals surface area contributed by atoms with Crippen LogP contribution in [0, 0.1) is 5.82 Å². The number of hydrogen-bond acceptors (Lipinski definition) is 4. The number of imidazole rings is 1. The van der Waals surface area contributed by atoms with Gasteiger partial charge in [0.2, 0.25) is 0 Å². The maximum absolute atomic E-state index is 13.4. The zero-order valence-corrected chi connectivity index (χ0v) is 17.9. The summed E-state index contributed by atoms with van der Waals surface area (Å²) in [4.78, 5) is 18.2. The summed E-state index contributed by atoms with van der Waals surface area (Å²) in [6.07, 6.45) is 1.81. The molecule has 0 spiro atoms. The number of rotatable bonds is 4. The SMILES string of the molecule is O=c1/c(=C/c2cc(Br)ccc2OCc2cccc(F)c2)sc2nc3ccccc3n12. The third-order valence-corrected chi connectivity index (χ3v) is 6.15. The van der Waals surface area contributed by atoms with Crippen molar-refractivity contribution in [2.75, 3.05) is 0 Å². The van der Waals surface area contributed by atoms with E-state index in [2.05, 4.69) is 20.9 Å². The van der Waals surface area contributed by atoms with Crippen molar-refractivity contribution in [3.8, 4) is 5.75 Å². The Kier molecular flexibility index (Phi) is 4.84. The zero-order valence-electron chi connectivity index (χ0n) is 15.5. The van der Waals surface area contributed by atoms with E-state index in [1.165, 1.54) is 23.5 Å². The van der Waals surface area contributed by atoms with E-state index in [4.69, 9.17) is 4.74 Å². The molecule has 3 aromatic carbocycles. The van der Waals surface area contributed by atoms with Crippen molar-refractivity contribution in [2.24, 2.45) is 0 Å². The molecule has 148 valence electrons. The van der Waals surface area contributed by atoms with Gasteiger partial charge in [-0.1, -0.05) is 51.5 Å². The molecule has 0 saturated heterocycles. The molecule has 0 atom stereocenters. The van der Waals surface area contributed by atoms with Crippen molar-refractivity contribution < 1.29 is 9.13 Å². The Morgan fingerprint density at radius 1 is 1.10 bits per heavy atom. The topological polar surface area (TPSA) is 43.6 Å². The van der Waals surface area contributed by atoms with Gasteiger partial charge in [-0.25, -0.2) is 13.8 Å². The molecular weight excluding hydrogens is 467 g/mol. The second kappa shape index (κ2) is 7.66. The molecule has 5 aromatic rings. The molecule has 0 fully saturated rings. The number of ether oxygens (including phenoxy) is 1. The van der Waals surface area contributed by atoms with Gasteiger partial charge in [0.05, 0.1) is 15.6 Å². The molecule has 0 aliphatic heterocycles. The minimum absolute atomic E-state index is 0.111. The van der Waals surface area contributed by atoms with Gasteiger partial charge in [0.1, 0.15) is 18.2 Å². The first-order valence-electron chi connectivity index (χ1n) is 9.17. The van der Waals surface area contributed by atoms with E-state index < -0.39 is 0 Å². The lowest BCUT2D eigenvalue weighted by molar-refractivity contribution is 0.305. The fourth-order valence-corrected chi connectivity index (χ4v) is 4.66. The summed E-state index contributed by atoms with van der Waals surface area (Å²) in [6.45, 7) is 0.225. The largest absolute Gasteiger partial charge is 0.488 e. The van der Waals surface area contributed by atoms with Crippen LogP contribution in [0.2, 0.25) is 0 Å². The first-order valence-corrected chi connectivity index (χ1v) is 10.8. The molecule has 4 nitrogen and oxygen atoms in total. The molecule has 0 radical (unpaired) electrons. The molecule has 0 aliphatic carbocycles. The van der Waals surface area contributed by atoms with Crippen molar-refractivity contribution in [3.05, 3.63) is 103 Å². The second-order valence-corrected chi connectivity index (χ2v) is 8.66. The summed E-state index contributed by atoms with van der Waals surface area (Å²) in [5, 5.41) is 0. The van der Waals surface area contributed by atoms with Crippen LogP contribution >= 0.6 is 27.3 Å². The van der Waals surface area contributed by atoms with E-state index in [9.17, 15) is 9.18 Å². The van der Waals surface area contributed by atoms with Gasteiger partial charge in [-0.3, -0.25) is 4.79 Å². The summed E-state index contributed by atoms with van der Waals surface area (Å²) in [6, 6.07) is 19.5. The maximum Gasteiger partial charge on any atom is 0.274 e. The highest BCUT2D eigenvalue weighted by molar-refractivity contribution is 9.10. The van der Waals surface area contributed by atoms with Gasteiger partial charge < -0.3 is 4.74 Å². The predicted octanol–water partition coefficient (Wildman–Crippen LogP) is 4.94. The van der Waals surface area contributed by atoms with Crippen molar-refractivity contribution in [1.29, 1.82) is 0 Å².